The largest absolute Gasteiger partial charge is 0.493 e. The van der Waals surface area contributed by atoms with Gasteiger partial charge in [-0.2, -0.15) is 0 Å². The first-order valence-electron chi connectivity index (χ1n) is 12.6. The minimum Gasteiger partial charge on any atom is -0.493 e. The van der Waals surface area contributed by atoms with E-state index in [0.717, 1.165) is 21.8 Å². The van der Waals surface area contributed by atoms with Gasteiger partial charge in [0.25, 0.3) is 11.8 Å². The van der Waals surface area contributed by atoms with Gasteiger partial charge in [-0.1, -0.05) is 59.6 Å². The Hall–Kier alpha value is -2.06. The molecule has 1 saturated heterocycles. The summed E-state index contributed by atoms with van der Waals surface area (Å²) in [5.74, 6) is 2.08. The zero-order valence-corrected chi connectivity index (χ0v) is 24.7. The van der Waals surface area contributed by atoms with Crippen LogP contribution in [0.3, 0.4) is 0 Å². The first-order valence-corrected chi connectivity index (χ1v) is 14.2. The molecule has 196 valence electrons. The van der Waals surface area contributed by atoms with Crippen LogP contribution in [0.1, 0.15) is 61.3 Å². The maximum absolute atomic E-state index is 13.4. The third-order valence-corrected chi connectivity index (χ3v) is 7.09. The molecular formula is C28H36Br2N2O4. The summed E-state index contributed by atoms with van der Waals surface area (Å²) < 4.78 is 13.6. The Balaban J connectivity index is 1.66. The minimum absolute atomic E-state index is 0.0805. The number of hydrogen-bond acceptors (Lipinski definition) is 4. The lowest BCUT2D eigenvalue weighted by molar-refractivity contribution is 0.0530. The van der Waals surface area contributed by atoms with E-state index in [1.54, 1.807) is 9.80 Å². The molecule has 1 fully saturated rings. The van der Waals surface area contributed by atoms with Crippen molar-refractivity contribution in [1.82, 2.24) is 9.80 Å². The van der Waals surface area contributed by atoms with Crippen LogP contribution in [0.15, 0.2) is 45.3 Å². The van der Waals surface area contributed by atoms with Crippen LogP contribution >= 0.6 is 31.9 Å². The summed E-state index contributed by atoms with van der Waals surface area (Å²) >= 11 is 6.96. The number of nitrogens with zero attached hydrogens (tertiary/aromatic N) is 2. The fourth-order valence-electron chi connectivity index (χ4n) is 3.85. The van der Waals surface area contributed by atoms with Crippen LogP contribution < -0.4 is 9.47 Å². The Kier molecular flexibility index (Phi) is 10.7. The minimum atomic E-state index is -0.0805. The number of rotatable bonds is 10. The smallest absolute Gasteiger partial charge is 0.257 e. The van der Waals surface area contributed by atoms with E-state index < -0.39 is 0 Å². The van der Waals surface area contributed by atoms with Crippen molar-refractivity contribution in [2.45, 2.75) is 40.5 Å². The number of benzene rings is 2. The van der Waals surface area contributed by atoms with Gasteiger partial charge in [-0.25, -0.2) is 0 Å². The maximum Gasteiger partial charge on any atom is 0.257 e. The van der Waals surface area contributed by atoms with Crippen LogP contribution in [0.2, 0.25) is 0 Å². The Morgan fingerprint density at radius 3 is 1.42 bits per heavy atom. The molecule has 0 spiro atoms. The zero-order chi connectivity index (χ0) is 26.2. The molecule has 0 saturated carbocycles. The van der Waals surface area contributed by atoms with Gasteiger partial charge < -0.3 is 19.3 Å². The Labute approximate surface area is 231 Å². The second-order valence-electron chi connectivity index (χ2n) is 9.93. The fourth-order valence-corrected chi connectivity index (χ4v) is 4.58. The predicted octanol–water partition coefficient (Wildman–Crippen LogP) is 6.66. The monoisotopic (exact) mass is 622 g/mol. The molecule has 2 aromatic carbocycles. The van der Waals surface area contributed by atoms with E-state index in [1.807, 2.05) is 36.4 Å². The average molecular weight is 624 g/mol. The Bertz CT molecular complexity index is 966. The van der Waals surface area contributed by atoms with Crippen LogP contribution in [0, 0.1) is 11.8 Å². The molecule has 1 aliphatic rings. The molecular weight excluding hydrogens is 588 g/mol. The van der Waals surface area contributed by atoms with E-state index >= 15 is 0 Å². The number of amides is 2. The van der Waals surface area contributed by atoms with Gasteiger partial charge in [0.1, 0.15) is 11.5 Å². The van der Waals surface area contributed by atoms with E-state index in [1.165, 1.54) is 0 Å². The standard InChI is InChI=1S/C28H36Br2N2O4/c1-19(2)9-15-35-25-7-5-21(29)17-23(25)27(33)31-11-13-32(14-12-31)28(34)24-18-22(30)6-8-26(24)36-16-10-20(3)4/h5-8,17-20H,9-16H2,1-4H3. The van der Waals surface area contributed by atoms with Crippen molar-refractivity contribution in [1.29, 1.82) is 0 Å². The highest BCUT2D eigenvalue weighted by Gasteiger charge is 2.28. The summed E-state index contributed by atoms with van der Waals surface area (Å²) in [5.41, 5.74) is 1.08. The molecule has 6 nitrogen and oxygen atoms in total. The summed E-state index contributed by atoms with van der Waals surface area (Å²) in [5, 5.41) is 0. The number of hydrogen-bond donors (Lipinski definition) is 0. The van der Waals surface area contributed by atoms with Crippen LogP contribution in [-0.2, 0) is 0 Å². The number of carbonyl (C=O) groups excluding carboxylic acids is 2. The second kappa shape index (κ2) is 13.5. The van der Waals surface area contributed by atoms with Crippen LogP contribution in [0.5, 0.6) is 11.5 Å². The maximum atomic E-state index is 13.4. The highest BCUT2D eigenvalue weighted by molar-refractivity contribution is 9.10. The summed E-state index contributed by atoms with van der Waals surface area (Å²) in [7, 11) is 0. The summed E-state index contributed by atoms with van der Waals surface area (Å²) in [4.78, 5) is 30.4. The van der Waals surface area contributed by atoms with Gasteiger partial charge in [0.15, 0.2) is 0 Å². The molecule has 8 heteroatoms. The van der Waals surface area contributed by atoms with Crippen molar-refractivity contribution in [2.24, 2.45) is 11.8 Å². The molecule has 0 radical (unpaired) electrons. The lowest BCUT2D eigenvalue weighted by Gasteiger charge is -2.35. The molecule has 0 aromatic heterocycles. The molecule has 0 unspecified atom stereocenters. The van der Waals surface area contributed by atoms with Crippen molar-refractivity contribution in [2.75, 3.05) is 39.4 Å². The van der Waals surface area contributed by atoms with E-state index in [-0.39, 0.29) is 11.8 Å². The average Bonchev–Trinajstić information content (AvgIpc) is 2.84. The van der Waals surface area contributed by atoms with Crippen molar-refractivity contribution < 1.29 is 19.1 Å². The topological polar surface area (TPSA) is 59.1 Å². The SMILES string of the molecule is CC(C)CCOc1ccc(Br)cc1C(=O)N1CCN(C(=O)c2cc(Br)ccc2OCCC(C)C)CC1. The van der Waals surface area contributed by atoms with E-state index in [9.17, 15) is 9.59 Å². The molecule has 2 amide bonds. The number of ether oxygens (including phenoxy) is 2. The first-order chi connectivity index (χ1) is 17.2. The first kappa shape index (κ1) is 28.5. The lowest BCUT2D eigenvalue weighted by Crippen LogP contribution is -2.50. The number of carbonyl (C=O) groups is 2. The van der Waals surface area contributed by atoms with Gasteiger partial charge in [0, 0.05) is 35.1 Å². The number of piperazine rings is 1. The fraction of sp³-hybridized carbons (Fsp3) is 0.500. The molecule has 0 atom stereocenters. The molecule has 0 aliphatic carbocycles. The highest BCUT2D eigenvalue weighted by atomic mass is 79.9. The third-order valence-electron chi connectivity index (χ3n) is 6.10. The molecule has 0 N–H and O–H groups in total. The molecule has 0 bridgehead atoms. The third kappa shape index (κ3) is 7.97. The predicted molar refractivity (Wildman–Crippen MR) is 150 cm³/mol. The van der Waals surface area contributed by atoms with Crippen molar-refractivity contribution in [3.05, 3.63) is 56.5 Å². The summed E-state index contributed by atoms with van der Waals surface area (Å²) in [6.45, 7) is 11.5. The van der Waals surface area contributed by atoms with Gasteiger partial charge in [-0.3, -0.25) is 9.59 Å². The second-order valence-corrected chi connectivity index (χ2v) is 11.8. The van der Waals surface area contributed by atoms with Crippen LogP contribution in [0.4, 0.5) is 0 Å². The van der Waals surface area contributed by atoms with Gasteiger partial charge in [-0.15, -0.1) is 0 Å². The lowest BCUT2D eigenvalue weighted by atomic mass is 10.1. The zero-order valence-electron chi connectivity index (χ0n) is 21.6. The summed E-state index contributed by atoms with van der Waals surface area (Å²) in [6, 6.07) is 11.1. The highest BCUT2D eigenvalue weighted by Crippen LogP contribution is 2.28. The molecule has 3 rings (SSSR count). The van der Waals surface area contributed by atoms with Crippen molar-refractivity contribution >= 4 is 43.7 Å². The van der Waals surface area contributed by atoms with Gasteiger partial charge in [-0.05, 0) is 61.1 Å². The van der Waals surface area contributed by atoms with Gasteiger partial charge in [0.2, 0.25) is 0 Å². The van der Waals surface area contributed by atoms with E-state index in [0.29, 0.717) is 73.9 Å². The van der Waals surface area contributed by atoms with E-state index in [4.69, 9.17) is 9.47 Å². The van der Waals surface area contributed by atoms with Gasteiger partial charge in [0.05, 0.1) is 24.3 Å². The molecule has 1 aliphatic heterocycles. The normalized spacial score (nSPS) is 13.9. The molecule has 36 heavy (non-hydrogen) atoms. The van der Waals surface area contributed by atoms with E-state index in [2.05, 4.69) is 59.6 Å². The van der Waals surface area contributed by atoms with Crippen LogP contribution in [0.25, 0.3) is 0 Å². The van der Waals surface area contributed by atoms with Crippen LogP contribution in [-0.4, -0.2) is 61.0 Å². The Morgan fingerprint density at radius 1 is 0.722 bits per heavy atom. The van der Waals surface area contributed by atoms with Crippen molar-refractivity contribution in [3.8, 4) is 11.5 Å². The quantitative estimate of drug-likeness (QED) is 0.297. The summed E-state index contributed by atoms with van der Waals surface area (Å²) in [6.07, 6.45) is 1.84. The molecule has 2 aromatic rings. The number of halogens is 2. The Morgan fingerprint density at radius 2 is 1.08 bits per heavy atom. The van der Waals surface area contributed by atoms with Crippen molar-refractivity contribution in [3.63, 3.8) is 0 Å². The van der Waals surface area contributed by atoms with Gasteiger partial charge >= 0.3 is 0 Å². The molecule has 1 heterocycles.